The molecule has 2 rings (SSSR count). The zero-order valence-electron chi connectivity index (χ0n) is 12.8. The van der Waals surface area contributed by atoms with Crippen molar-refractivity contribution in [3.8, 4) is 5.75 Å². The Kier molecular flexibility index (Phi) is 7.12. The Bertz CT molecular complexity index is 501. The van der Waals surface area contributed by atoms with Crippen LogP contribution in [0.5, 0.6) is 5.75 Å². The Hall–Kier alpha value is -1.66. The number of nitrogens with zero attached hydrogens (tertiary/aromatic N) is 2. The number of hydrogen-bond donors (Lipinski definition) is 2. The van der Waals surface area contributed by atoms with E-state index in [0.29, 0.717) is 0 Å². The SMILES string of the molecule is NC(=S)NN=Cc1cccc(OCCCN2CCCCC2)c1. The van der Waals surface area contributed by atoms with Gasteiger partial charge in [-0.15, -0.1) is 0 Å². The molecule has 0 saturated carbocycles. The summed E-state index contributed by atoms with van der Waals surface area (Å²) in [7, 11) is 0. The second-order valence-electron chi connectivity index (χ2n) is 5.41. The first-order chi connectivity index (χ1) is 10.7. The van der Waals surface area contributed by atoms with E-state index in [1.165, 1.54) is 32.4 Å². The number of benzene rings is 1. The number of thiocarbonyl (C=S) groups is 1. The van der Waals surface area contributed by atoms with E-state index >= 15 is 0 Å². The summed E-state index contributed by atoms with van der Waals surface area (Å²) < 4.78 is 5.81. The average Bonchev–Trinajstić information content (AvgIpc) is 2.53. The number of rotatable bonds is 7. The molecule has 1 heterocycles. The Morgan fingerprint density at radius 3 is 2.95 bits per heavy atom. The number of piperidine rings is 1. The lowest BCUT2D eigenvalue weighted by Gasteiger charge is -2.26. The second-order valence-corrected chi connectivity index (χ2v) is 5.85. The number of ether oxygens (including phenoxy) is 1. The number of nitrogens with one attached hydrogen (secondary N) is 1. The Morgan fingerprint density at radius 2 is 2.18 bits per heavy atom. The number of likely N-dealkylation sites (tertiary alicyclic amines) is 1. The van der Waals surface area contributed by atoms with Crippen molar-refractivity contribution < 1.29 is 4.74 Å². The van der Waals surface area contributed by atoms with Crippen LogP contribution in [-0.4, -0.2) is 42.5 Å². The summed E-state index contributed by atoms with van der Waals surface area (Å²) >= 11 is 4.69. The molecule has 5 nitrogen and oxygen atoms in total. The maximum absolute atomic E-state index is 5.81. The van der Waals surface area contributed by atoms with Crippen molar-refractivity contribution in [3.63, 3.8) is 0 Å². The van der Waals surface area contributed by atoms with Gasteiger partial charge in [-0.05, 0) is 62.3 Å². The first-order valence-electron chi connectivity index (χ1n) is 7.78. The van der Waals surface area contributed by atoms with Gasteiger partial charge in [0.05, 0.1) is 12.8 Å². The first kappa shape index (κ1) is 16.7. The molecule has 1 aromatic rings. The van der Waals surface area contributed by atoms with Crippen LogP contribution < -0.4 is 15.9 Å². The van der Waals surface area contributed by atoms with Crippen molar-refractivity contribution in [2.75, 3.05) is 26.2 Å². The van der Waals surface area contributed by atoms with E-state index in [0.717, 1.165) is 30.9 Å². The predicted molar refractivity (Wildman–Crippen MR) is 94.4 cm³/mol. The summed E-state index contributed by atoms with van der Waals surface area (Å²) in [4.78, 5) is 2.53. The molecule has 1 saturated heterocycles. The molecule has 1 aliphatic rings. The third-order valence-corrected chi connectivity index (χ3v) is 3.67. The lowest BCUT2D eigenvalue weighted by molar-refractivity contribution is 0.205. The molecule has 3 N–H and O–H groups in total. The van der Waals surface area contributed by atoms with Crippen molar-refractivity contribution in [2.45, 2.75) is 25.7 Å². The van der Waals surface area contributed by atoms with Gasteiger partial charge in [0, 0.05) is 6.54 Å². The fraction of sp³-hybridized carbons (Fsp3) is 0.500. The maximum atomic E-state index is 5.81. The quantitative estimate of drug-likeness (QED) is 0.349. The van der Waals surface area contributed by atoms with Crippen LogP contribution in [0.4, 0.5) is 0 Å². The molecule has 1 fully saturated rings. The maximum Gasteiger partial charge on any atom is 0.184 e. The van der Waals surface area contributed by atoms with E-state index in [2.05, 4.69) is 27.6 Å². The topological polar surface area (TPSA) is 62.9 Å². The van der Waals surface area contributed by atoms with Crippen LogP contribution in [0.3, 0.4) is 0 Å². The Balaban J connectivity index is 1.70. The van der Waals surface area contributed by atoms with Crippen molar-refractivity contribution in [1.29, 1.82) is 0 Å². The molecule has 0 amide bonds. The van der Waals surface area contributed by atoms with Crippen LogP contribution in [0.25, 0.3) is 0 Å². The summed E-state index contributed by atoms with van der Waals surface area (Å²) in [5, 5.41) is 4.09. The van der Waals surface area contributed by atoms with Crippen molar-refractivity contribution in [2.24, 2.45) is 10.8 Å². The van der Waals surface area contributed by atoms with Gasteiger partial charge in [-0.25, -0.2) is 0 Å². The fourth-order valence-electron chi connectivity index (χ4n) is 2.52. The first-order valence-corrected chi connectivity index (χ1v) is 8.18. The minimum atomic E-state index is 0.154. The highest BCUT2D eigenvalue weighted by atomic mass is 32.1. The molecule has 0 radical (unpaired) electrons. The predicted octanol–water partition coefficient (Wildman–Crippen LogP) is 2.11. The van der Waals surface area contributed by atoms with Crippen LogP contribution >= 0.6 is 12.2 Å². The minimum Gasteiger partial charge on any atom is -0.494 e. The van der Waals surface area contributed by atoms with E-state index in [1.807, 2.05) is 24.3 Å². The molecule has 6 heteroatoms. The van der Waals surface area contributed by atoms with Gasteiger partial charge in [0.1, 0.15) is 5.75 Å². The normalized spacial score (nSPS) is 15.8. The monoisotopic (exact) mass is 320 g/mol. The molecule has 1 aliphatic heterocycles. The molecule has 1 aromatic carbocycles. The largest absolute Gasteiger partial charge is 0.494 e. The molecular formula is C16H24N4OS. The fourth-order valence-corrected chi connectivity index (χ4v) is 2.57. The zero-order chi connectivity index (χ0) is 15.6. The molecule has 0 aromatic heterocycles. The van der Waals surface area contributed by atoms with Gasteiger partial charge in [-0.3, -0.25) is 5.43 Å². The van der Waals surface area contributed by atoms with Gasteiger partial charge in [0.15, 0.2) is 5.11 Å². The van der Waals surface area contributed by atoms with Gasteiger partial charge < -0.3 is 15.4 Å². The molecule has 0 aliphatic carbocycles. The Morgan fingerprint density at radius 1 is 1.36 bits per heavy atom. The highest BCUT2D eigenvalue weighted by Crippen LogP contribution is 2.13. The van der Waals surface area contributed by atoms with E-state index in [4.69, 9.17) is 10.5 Å². The smallest absolute Gasteiger partial charge is 0.184 e. The van der Waals surface area contributed by atoms with Crippen LogP contribution in [0.1, 0.15) is 31.2 Å². The summed E-state index contributed by atoms with van der Waals surface area (Å²) in [6, 6.07) is 7.80. The molecule has 0 spiro atoms. The van der Waals surface area contributed by atoms with Crippen molar-refractivity contribution in [1.82, 2.24) is 10.3 Å². The molecule has 22 heavy (non-hydrogen) atoms. The number of hydrazone groups is 1. The highest BCUT2D eigenvalue weighted by Gasteiger charge is 2.08. The van der Waals surface area contributed by atoms with Gasteiger partial charge >= 0.3 is 0 Å². The van der Waals surface area contributed by atoms with Crippen LogP contribution in [0.15, 0.2) is 29.4 Å². The third kappa shape index (κ3) is 6.41. The average molecular weight is 320 g/mol. The van der Waals surface area contributed by atoms with E-state index in [9.17, 15) is 0 Å². The summed E-state index contributed by atoms with van der Waals surface area (Å²) in [6.45, 7) is 4.34. The van der Waals surface area contributed by atoms with E-state index < -0.39 is 0 Å². The van der Waals surface area contributed by atoms with Crippen molar-refractivity contribution in [3.05, 3.63) is 29.8 Å². The number of hydrogen-bond acceptors (Lipinski definition) is 4. The van der Waals surface area contributed by atoms with Gasteiger partial charge in [-0.1, -0.05) is 18.6 Å². The highest BCUT2D eigenvalue weighted by molar-refractivity contribution is 7.80. The van der Waals surface area contributed by atoms with Gasteiger partial charge in [0.25, 0.3) is 0 Å². The van der Waals surface area contributed by atoms with E-state index in [1.54, 1.807) is 6.21 Å². The lowest BCUT2D eigenvalue weighted by atomic mass is 10.1. The minimum absolute atomic E-state index is 0.154. The van der Waals surface area contributed by atoms with Crippen LogP contribution in [0.2, 0.25) is 0 Å². The lowest BCUT2D eigenvalue weighted by Crippen LogP contribution is -2.31. The third-order valence-electron chi connectivity index (χ3n) is 3.58. The summed E-state index contributed by atoms with van der Waals surface area (Å²) in [5.41, 5.74) is 8.78. The van der Waals surface area contributed by atoms with E-state index in [-0.39, 0.29) is 5.11 Å². The summed E-state index contributed by atoms with van der Waals surface area (Å²) in [6.07, 6.45) is 6.77. The van der Waals surface area contributed by atoms with Gasteiger partial charge in [-0.2, -0.15) is 5.10 Å². The van der Waals surface area contributed by atoms with Crippen LogP contribution in [0, 0.1) is 0 Å². The Labute approximate surface area is 137 Å². The van der Waals surface area contributed by atoms with Crippen LogP contribution in [-0.2, 0) is 0 Å². The van der Waals surface area contributed by atoms with Gasteiger partial charge in [0.2, 0.25) is 0 Å². The molecule has 120 valence electrons. The second kappa shape index (κ2) is 9.38. The molecule has 0 unspecified atom stereocenters. The molecule has 0 bridgehead atoms. The molecular weight excluding hydrogens is 296 g/mol. The number of nitrogens with two attached hydrogens (primary N) is 1. The molecule has 0 atom stereocenters. The van der Waals surface area contributed by atoms with Crippen molar-refractivity contribution >= 4 is 23.5 Å². The zero-order valence-corrected chi connectivity index (χ0v) is 13.6. The standard InChI is InChI=1S/C16H24N4OS/c17-16(22)19-18-13-14-6-4-7-15(12-14)21-11-5-10-20-8-2-1-3-9-20/h4,6-7,12-13H,1-3,5,8-11H2,(H3,17,19,22). The summed E-state index contributed by atoms with van der Waals surface area (Å²) in [5.74, 6) is 0.859.